The number of benzene rings is 2. The first-order chi connectivity index (χ1) is 15.0. The Hall–Kier alpha value is -2.68. The molecule has 4 aromatic rings. The molecule has 0 aliphatic rings. The molecule has 2 aromatic heterocycles. The lowest BCUT2D eigenvalue weighted by atomic mass is 10.1. The molecule has 2 heterocycles. The van der Waals surface area contributed by atoms with Crippen LogP contribution in [0.1, 0.15) is 23.7 Å². The van der Waals surface area contributed by atoms with E-state index in [2.05, 4.69) is 51.6 Å². The zero-order valence-corrected chi connectivity index (χ0v) is 19.1. The van der Waals surface area contributed by atoms with E-state index in [1.54, 1.807) is 47.4 Å². The maximum Gasteiger partial charge on any atom is 0.227 e. The summed E-state index contributed by atoms with van der Waals surface area (Å²) in [5.41, 5.74) is 4.00. The van der Waals surface area contributed by atoms with Crippen LogP contribution in [0.25, 0.3) is 11.3 Å². The number of amides is 1. The molecule has 0 radical (unpaired) electrons. The number of halogens is 1. The Bertz CT molecular complexity index is 1160. The molecule has 4 rings (SSSR count). The van der Waals surface area contributed by atoms with Gasteiger partial charge in [0.2, 0.25) is 11.8 Å². The summed E-state index contributed by atoms with van der Waals surface area (Å²) in [6, 6.07) is 15.3. The first-order valence-electron chi connectivity index (χ1n) is 9.57. The Morgan fingerprint density at radius 1 is 1.13 bits per heavy atom. The molecule has 9 heteroatoms. The second-order valence-electron chi connectivity index (χ2n) is 6.81. The zero-order valence-electron chi connectivity index (χ0n) is 16.7. The number of carbonyl (C=O) groups excluding carboxylic acids is 1. The van der Waals surface area contributed by atoms with Gasteiger partial charge < -0.3 is 9.84 Å². The van der Waals surface area contributed by atoms with Gasteiger partial charge >= 0.3 is 0 Å². The summed E-state index contributed by atoms with van der Waals surface area (Å²) >= 11 is 9.01. The molecule has 158 valence electrons. The number of aryl methyl sites for hydroxylation is 2. The highest BCUT2D eigenvalue weighted by Crippen LogP contribution is 2.30. The van der Waals surface area contributed by atoms with E-state index in [-0.39, 0.29) is 12.3 Å². The summed E-state index contributed by atoms with van der Waals surface area (Å²) in [5.74, 6) is 1.47. The Morgan fingerprint density at radius 2 is 1.90 bits per heavy atom. The van der Waals surface area contributed by atoms with Crippen LogP contribution in [0.5, 0.6) is 0 Å². The van der Waals surface area contributed by atoms with Gasteiger partial charge in [0.25, 0.3) is 0 Å². The van der Waals surface area contributed by atoms with Crippen molar-refractivity contribution in [3.05, 3.63) is 76.2 Å². The lowest BCUT2D eigenvalue weighted by Crippen LogP contribution is -2.12. The molecule has 1 amide bonds. The molecule has 0 saturated heterocycles. The summed E-state index contributed by atoms with van der Waals surface area (Å²) < 4.78 is 6.21. The van der Waals surface area contributed by atoms with Crippen molar-refractivity contribution in [2.45, 2.75) is 29.9 Å². The van der Waals surface area contributed by atoms with Crippen molar-refractivity contribution in [3.63, 3.8) is 0 Å². The molecule has 0 atom stereocenters. The SMILES string of the molecule is Cc1ccc(-c2csc(SCc3noc(CCC(=O)Nc4ccc(Cl)cc4)n3)n2)cc1. The second-order valence-corrected chi connectivity index (χ2v) is 9.33. The predicted octanol–water partition coefficient (Wildman–Crippen LogP) is 6.02. The number of aromatic nitrogens is 3. The largest absolute Gasteiger partial charge is 0.339 e. The van der Waals surface area contributed by atoms with Crippen LogP contribution in [0.4, 0.5) is 5.69 Å². The molecular formula is C22H19ClN4O2S2. The fourth-order valence-electron chi connectivity index (χ4n) is 2.73. The fourth-order valence-corrected chi connectivity index (χ4v) is 4.54. The van der Waals surface area contributed by atoms with Gasteiger partial charge in [-0.2, -0.15) is 4.98 Å². The molecule has 0 aliphatic carbocycles. The molecule has 31 heavy (non-hydrogen) atoms. The number of carbonyl (C=O) groups is 1. The monoisotopic (exact) mass is 470 g/mol. The highest BCUT2D eigenvalue weighted by atomic mass is 35.5. The maximum absolute atomic E-state index is 12.1. The van der Waals surface area contributed by atoms with Gasteiger partial charge in [0, 0.05) is 34.5 Å². The van der Waals surface area contributed by atoms with E-state index in [4.69, 9.17) is 16.1 Å². The Morgan fingerprint density at radius 3 is 2.68 bits per heavy atom. The van der Waals surface area contributed by atoms with Gasteiger partial charge in [-0.25, -0.2) is 4.98 Å². The Balaban J connectivity index is 1.25. The number of nitrogens with one attached hydrogen (secondary N) is 1. The van der Waals surface area contributed by atoms with E-state index in [0.717, 1.165) is 15.6 Å². The lowest BCUT2D eigenvalue weighted by Gasteiger charge is -2.03. The van der Waals surface area contributed by atoms with E-state index < -0.39 is 0 Å². The summed E-state index contributed by atoms with van der Waals surface area (Å²) in [6.45, 7) is 2.07. The summed E-state index contributed by atoms with van der Waals surface area (Å²) in [6.07, 6.45) is 0.635. The molecule has 0 aliphatic heterocycles. The Kier molecular flexibility index (Phi) is 7.01. The van der Waals surface area contributed by atoms with E-state index >= 15 is 0 Å². The van der Waals surface area contributed by atoms with Gasteiger partial charge in [-0.05, 0) is 31.2 Å². The van der Waals surface area contributed by atoms with Crippen LogP contribution in [0.3, 0.4) is 0 Å². The first kappa shape index (κ1) is 21.5. The van der Waals surface area contributed by atoms with Crippen molar-refractivity contribution in [3.8, 4) is 11.3 Å². The van der Waals surface area contributed by atoms with Crippen molar-refractivity contribution in [1.29, 1.82) is 0 Å². The molecule has 0 saturated carbocycles. The third-order valence-electron chi connectivity index (χ3n) is 4.36. The van der Waals surface area contributed by atoms with Crippen LogP contribution in [0.2, 0.25) is 5.02 Å². The standard InChI is InChI=1S/C22H19ClN4O2S2/c1-14-2-4-15(5-3-14)18-12-30-22(25-18)31-13-19-26-21(29-27-19)11-10-20(28)24-17-8-6-16(23)7-9-17/h2-9,12H,10-11,13H2,1H3,(H,24,28). The van der Waals surface area contributed by atoms with Crippen LogP contribution < -0.4 is 5.32 Å². The van der Waals surface area contributed by atoms with Crippen molar-refractivity contribution in [1.82, 2.24) is 15.1 Å². The van der Waals surface area contributed by atoms with Crippen LogP contribution >= 0.6 is 34.7 Å². The average molecular weight is 471 g/mol. The zero-order chi connectivity index (χ0) is 21.6. The molecule has 1 N–H and O–H groups in total. The number of thiazole rings is 1. The van der Waals surface area contributed by atoms with Gasteiger partial charge in [0.15, 0.2) is 10.2 Å². The predicted molar refractivity (Wildman–Crippen MR) is 125 cm³/mol. The van der Waals surface area contributed by atoms with Gasteiger partial charge in [0.05, 0.1) is 11.4 Å². The smallest absolute Gasteiger partial charge is 0.227 e. The highest BCUT2D eigenvalue weighted by molar-refractivity contribution is 8.00. The minimum absolute atomic E-state index is 0.122. The summed E-state index contributed by atoms with van der Waals surface area (Å²) in [7, 11) is 0. The number of hydrogen-bond donors (Lipinski definition) is 1. The van der Waals surface area contributed by atoms with Crippen molar-refractivity contribution in [2.24, 2.45) is 0 Å². The normalized spacial score (nSPS) is 10.9. The Labute approximate surface area is 193 Å². The summed E-state index contributed by atoms with van der Waals surface area (Å²) in [4.78, 5) is 21.1. The van der Waals surface area contributed by atoms with Crippen molar-refractivity contribution in [2.75, 3.05) is 5.32 Å². The summed E-state index contributed by atoms with van der Waals surface area (Å²) in [5, 5.41) is 9.49. The maximum atomic E-state index is 12.1. The number of nitrogens with zero attached hydrogens (tertiary/aromatic N) is 3. The van der Waals surface area contributed by atoms with Crippen molar-refractivity contribution < 1.29 is 9.32 Å². The van der Waals surface area contributed by atoms with Crippen molar-refractivity contribution >= 4 is 46.3 Å². The number of anilines is 1. The molecule has 0 bridgehead atoms. The number of rotatable bonds is 8. The van der Waals surface area contributed by atoms with Crippen LogP contribution in [-0.4, -0.2) is 21.0 Å². The quantitative estimate of drug-likeness (QED) is 0.317. The van der Waals surface area contributed by atoms with Gasteiger partial charge in [-0.1, -0.05) is 58.3 Å². The minimum atomic E-state index is -0.122. The van der Waals surface area contributed by atoms with Gasteiger partial charge in [-0.3, -0.25) is 4.79 Å². The third-order valence-corrected chi connectivity index (χ3v) is 6.63. The second kappa shape index (κ2) is 10.1. The molecule has 0 spiro atoms. The average Bonchev–Trinajstić information content (AvgIpc) is 3.42. The van der Waals surface area contributed by atoms with Gasteiger partial charge in [-0.15, -0.1) is 11.3 Å². The number of hydrogen-bond acceptors (Lipinski definition) is 7. The van der Waals surface area contributed by atoms with Crippen LogP contribution in [0.15, 0.2) is 62.8 Å². The minimum Gasteiger partial charge on any atom is -0.339 e. The van der Waals surface area contributed by atoms with Gasteiger partial charge in [0.1, 0.15) is 0 Å². The topological polar surface area (TPSA) is 80.9 Å². The molecule has 2 aromatic carbocycles. The van der Waals surface area contributed by atoms with E-state index in [1.165, 1.54) is 5.56 Å². The number of thioether (sulfide) groups is 1. The highest BCUT2D eigenvalue weighted by Gasteiger charge is 2.11. The molecule has 0 unspecified atom stereocenters. The fraction of sp³-hybridized carbons (Fsp3) is 0.182. The van der Waals surface area contributed by atoms with E-state index in [9.17, 15) is 4.79 Å². The lowest BCUT2D eigenvalue weighted by molar-refractivity contribution is -0.116. The van der Waals surface area contributed by atoms with Crippen LogP contribution in [-0.2, 0) is 17.0 Å². The molecule has 0 fully saturated rings. The molecule has 6 nitrogen and oxygen atoms in total. The first-order valence-corrected chi connectivity index (χ1v) is 11.8. The van der Waals surface area contributed by atoms with Crippen LogP contribution in [0, 0.1) is 6.92 Å². The van der Waals surface area contributed by atoms with E-state index in [1.807, 2.05) is 5.38 Å². The molecular weight excluding hydrogens is 452 g/mol. The van der Waals surface area contributed by atoms with E-state index in [0.29, 0.717) is 34.6 Å². The third kappa shape index (κ3) is 6.16.